The highest BCUT2D eigenvalue weighted by Crippen LogP contribution is 2.42. The third-order valence-corrected chi connectivity index (χ3v) is 8.65. The monoisotopic (exact) mass is 582 g/mol. The fraction of sp³-hybridized carbons (Fsp3) is 0.425. The zero-order chi connectivity index (χ0) is 32.4. The van der Waals surface area contributed by atoms with Crippen LogP contribution in [0.3, 0.4) is 0 Å². The summed E-state index contributed by atoms with van der Waals surface area (Å²) < 4.78 is 0. The first-order valence-electron chi connectivity index (χ1n) is 15.4. The second-order valence-electron chi connectivity index (χ2n) is 13.4. The van der Waals surface area contributed by atoms with Crippen LogP contribution < -0.4 is 0 Å². The number of aliphatic hydroxyl groups is 2. The van der Waals surface area contributed by atoms with E-state index in [1.54, 1.807) is 0 Å². The number of allylic oxidation sites excluding steroid dienone is 20. The molecule has 0 bridgehead atoms. The molecule has 0 heterocycles. The molecule has 43 heavy (non-hydrogen) atoms. The van der Waals surface area contributed by atoms with Crippen LogP contribution in [0.15, 0.2) is 130 Å². The summed E-state index contributed by atoms with van der Waals surface area (Å²) in [4.78, 5) is 12.2. The summed E-state index contributed by atoms with van der Waals surface area (Å²) in [5, 5.41) is 20.4. The quantitative estimate of drug-likeness (QED) is 0.199. The van der Waals surface area contributed by atoms with Gasteiger partial charge in [0.1, 0.15) is 6.10 Å². The van der Waals surface area contributed by atoms with Crippen molar-refractivity contribution in [2.75, 3.05) is 0 Å². The van der Waals surface area contributed by atoms with Crippen LogP contribution in [-0.4, -0.2) is 28.2 Å². The lowest BCUT2D eigenvalue weighted by molar-refractivity contribution is -0.125. The number of hydrogen-bond donors (Lipinski definition) is 2. The Labute approximate surface area is 261 Å². The van der Waals surface area contributed by atoms with Crippen LogP contribution >= 0.6 is 0 Å². The molecule has 0 aromatic heterocycles. The van der Waals surface area contributed by atoms with E-state index in [1.165, 1.54) is 11.1 Å². The van der Waals surface area contributed by atoms with Gasteiger partial charge in [0.05, 0.1) is 6.10 Å². The SMILES string of the molecule is CC(C=CC=C(C)C=CC1=C(C)C(=O)C(O)CC1(C)C)=CC=CC=C(C)C=CC=C(C)C=CC1C(C)=CCC(O)C1(C)C. The van der Waals surface area contributed by atoms with Gasteiger partial charge in [-0.25, -0.2) is 0 Å². The van der Waals surface area contributed by atoms with Crippen LogP contribution in [0.2, 0.25) is 0 Å². The molecule has 0 fully saturated rings. The molecule has 3 unspecified atom stereocenters. The highest BCUT2D eigenvalue weighted by molar-refractivity contribution is 6.00. The molecule has 0 spiro atoms. The summed E-state index contributed by atoms with van der Waals surface area (Å²) in [6.07, 6.45) is 31.3. The summed E-state index contributed by atoms with van der Waals surface area (Å²) in [6, 6.07) is 0. The smallest absolute Gasteiger partial charge is 0.187 e. The predicted octanol–water partition coefficient (Wildman–Crippen LogP) is 9.58. The predicted molar refractivity (Wildman–Crippen MR) is 184 cm³/mol. The number of aliphatic hydroxyl groups excluding tert-OH is 2. The number of Topliss-reactive ketones (excluding diaryl/α,β-unsaturated/α-hetero) is 1. The van der Waals surface area contributed by atoms with Crippen LogP contribution in [0.4, 0.5) is 0 Å². The van der Waals surface area contributed by atoms with Crippen molar-refractivity contribution >= 4 is 5.78 Å². The van der Waals surface area contributed by atoms with Gasteiger partial charge in [-0.05, 0) is 70.9 Å². The number of ketones is 1. The normalized spacial score (nSPS) is 26.3. The van der Waals surface area contributed by atoms with Crippen LogP contribution in [0.1, 0.15) is 82.1 Å². The second-order valence-corrected chi connectivity index (χ2v) is 13.4. The molecule has 0 aromatic carbocycles. The van der Waals surface area contributed by atoms with Crippen molar-refractivity contribution in [1.82, 2.24) is 0 Å². The fourth-order valence-corrected chi connectivity index (χ4v) is 5.65. The van der Waals surface area contributed by atoms with E-state index in [9.17, 15) is 15.0 Å². The van der Waals surface area contributed by atoms with Gasteiger partial charge in [-0.3, -0.25) is 4.79 Å². The minimum absolute atomic E-state index is 0.161. The minimum Gasteiger partial charge on any atom is -0.392 e. The summed E-state index contributed by atoms with van der Waals surface area (Å²) in [7, 11) is 0. The van der Waals surface area contributed by atoms with Crippen molar-refractivity contribution in [2.45, 2.75) is 94.3 Å². The second kappa shape index (κ2) is 16.0. The minimum atomic E-state index is -0.899. The lowest BCUT2D eigenvalue weighted by atomic mass is 9.67. The Bertz CT molecular complexity index is 1360. The van der Waals surface area contributed by atoms with Gasteiger partial charge in [-0.15, -0.1) is 0 Å². The van der Waals surface area contributed by atoms with E-state index in [0.29, 0.717) is 12.0 Å². The van der Waals surface area contributed by atoms with E-state index in [0.717, 1.165) is 28.7 Å². The first-order valence-corrected chi connectivity index (χ1v) is 15.4. The van der Waals surface area contributed by atoms with Gasteiger partial charge in [-0.1, -0.05) is 147 Å². The molecule has 3 nitrogen and oxygen atoms in total. The fourth-order valence-electron chi connectivity index (χ4n) is 5.65. The Morgan fingerprint density at radius 3 is 1.81 bits per heavy atom. The molecule has 0 saturated heterocycles. The van der Waals surface area contributed by atoms with Gasteiger partial charge in [0.15, 0.2) is 5.78 Å². The third kappa shape index (κ3) is 10.7. The molecule has 0 amide bonds. The van der Waals surface area contributed by atoms with Gasteiger partial charge < -0.3 is 10.2 Å². The van der Waals surface area contributed by atoms with Crippen molar-refractivity contribution < 1.29 is 15.0 Å². The van der Waals surface area contributed by atoms with Crippen LogP contribution in [0, 0.1) is 16.7 Å². The van der Waals surface area contributed by atoms with Gasteiger partial charge >= 0.3 is 0 Å². The molecule has 2 rings (SSSR count). The first kappa shape index (κ1) is 35.9. The van der Waals surface area contributed by atoms with E-state index in [-0.39, 0.29) is 28.6 Å². The lowest BCUT2D eigenvalue weighted by Gasteiger charge is -2.40. The zero-order valence-corrected chi connectivity index (χ0v) is 28.1. The zero-order valence-electron chi connectivity index (χ0n) is 28.1. The van der Waals surface area contributed by atoms with E-state index in [1.807, 2.05) is 44.2 Å². The first-order chi connectivity index (χ1) is 20.1. The van der Waals surface area contributed by atoms with E-state index < -0.39 is 6.10 Å². The molecule has 2 N–H and O–H groups in total. The molecular formula is C40H54O3. The molecule has 0 radical (unpaired) electrons. The van der Waals surface area contributed by atoms with Crippen LogP contribution in [0.5, 0.6) is 0 Å². The summed E-state index contributed by atoms with van der Waals surface area (Å²) in [5.74, 6) is 0.0734. The maximum Gasteiger partial charge on any atom is 0.187 e. The average molecular weight is 583 g/mol. The number of carbonyl (C=O) groups is 1. The van der Waals surface area contributed by atoms with Crippen molar-refractivity contribution in [3.8, 4) is 0 Å². The summed E-state index contributed by atoms with van der Waals surface area (Å²) in [5.41, 5.74) is 7.14. The average Bonchev–Trinajstić information content (AvgIpc) is 2.91. The highest BCUT2D eigenvalue weighted by Gasteiger charge is 2.38. The summed E-state index contributed by atoms with van der Waals surface area (Å²) in [6.45, 7) is 20.7. The Morgan fingerprint density at radius 1 is 0.767 bits per heavy atom. The van der Waals surface area contributed by atoms with Gasteiger partial charge in [-0.2, -0.15) is 0 Å². The lowest BCUT2D eigenvalue weighted by Crippen LogP contribution is -2.39. The third-order valence-electron chi connectivity index (χ3n) is 8.65. The Morgan fingerprint density at radius 2 is 1.26 bits per heavy atom. The van der Waals surface area contributed by atoms with Crippen molar-refractivity contribution in [3.05, 3.63) is 130 Å². The molecule has 0 saturated carbocycles. The summed E-state index contributed by atoms with van der Waals surface area (Å²) >= 11 is 0. The van der Waals surface area contributed by atoms with Gasteiger partial charge in [0.25, 0.3) is 0 Å². The maximum absolute atomic E-state index is 12.2. The van der Waals surface area contributed by atoms with Gasteiger partial charge in [0, 0.05) is 11.3 Å². The molecule has 232 valence electrons. The molecule has 0 aromatic rings. The topological polar surface area (TPSA) is 57.5 Å². The molecule has 3 atom stereocenters. The van der Waals surface area contributed by atoms with Crippen molar-refractivity contribution in [2.24, 2.45) is 16.7 Å². The van der Waals surface area contributed by atoms with E-state index >= 15 is 0 Å². The van der Waals surface area contributed by atoms with Crippen LogP contribution in [-0.2, 0) is 4.79 Å². The van der Waals surface area contributed by atoms with Gasteiger partial charge in [0.2, 0.25) is 0 Å². The maximum atomic E-state index is 12.2. The largest absolute Gasteiger partial charge is 0.392 e. The standard InChI is InChI=1S/C40H54O3/c1-28(17-13-19-30(3)21-24-34-32(5)23-26-37(42)40(34,9)10)15-11-12-16-29(2)18-14-20-31(4)22-25-35-33(6)38(43)36(41)27-39(35,7)8/h11-25,34,36-37,41-42H,26-27H2,1-10H3. The number of rotatable bonds is 10. The van der Waals surface area contributed by atoms with Crippen LogP contribution in [0.25, 0.3) is 0 Å². The molecular weight excluding hydrogens is 528 g/mol. The molecule has 2 aliphatic rings. The van der Waals surface area contributed by atoms with E-state index in [2.05, 4.69) is 116 Å². The number of carbonyl (C=O) groups excluding carboxylic acids is 1. The van der Waals surface area contributed by atoms with Crippen molar-refractivity contribution in [3.63, 3.8) is 0 Å². The van der Waals surface area contributed by atoms with Crippen molar-refractivity contribution in [1.29, 1.82) is 0 Å². The highest BCUT2D eigenvalue weighted by atomic mass is 16.3. The Kier molecular flexibility index (Phi) is 13.4. The molecule has 2 aliphatic carbocycles. The Balaban J connectivity index is 1.92. The Hall–Kier alpha value is -3.27. The molecule has 3 heteroatoms. The van der Waals surface area contributed by atoms with E-state index in [4.69, 9.17) is 0 Å². The number of hydrogen-bond acceptors (Lipinski definition) is 3. The molecule has 0 aliphatic heterocycles.